The van der Waals surface area contributed by atoms with Gasteiger partial charge < -0.3 is 15.6 Å². The molecule has 0 radical (unpaired) electrons. The summed E-state index contributed by atoms with van der Waals surface area (Å²) in [5, 5.41) is 9.16. The van der Waals surface area contributed by atoms with Crippen LogP contribution in [0.2, 0.25) is 0 Å². The molecule has 0 aliphatic heterocycles. The average molecular weight is 207 g/mol. The zero-order valence-electron chi connectivity index (χ0n) is 8.43. The van der Waals surface area contributed by atoms with Gasteiger partial charge in [-0.25, -0.2) is 4.79 Å². The Kier molecular flexibility index (Phi) is 3.74. The number of hydrogen-bond acceptors (Lipinski definition) is 4. The molecule has 1 rings (SSSR count). The first-order valence-corrected chi connectivity index (χ1v) is 4.57. The number of carbonyl (C=O) groups excluding carboxylic acids is 1. The second kappa shape index (κ2) is 5.05. The molecule has 0 heterocycles. The first kappa shape index (κ1) is 11.1. The lowest BCUT2D eigenvalue weighted by atomic mass is 10.2. The van der Waals surface area contributed by atoms with Gasteiger partial charge in [0, 0.05) is 6.08 Å². The fourth-order valence-corrected chi connectivity index (χ4v) is 1.03. The van der Waals surface area contributed by atoms with Gasteiger partial charge >= 0.3 is 5.97 Å². The number of phenolic OH excluding ortho intramolecular Hbond substituents is 1. The number of esters is 1. The summed E-state index contributed by atoms with van der Waals surface area (Å²) in [6.07, 6.45) is 2.89. The predicted octanol–water partition coefficient (Wildman–Crippen LogP) is 1.55. The minimum atomic E-state index is -0.399. The van der Waals surface area contributed by atoms with E-state index in [2.05, 4.69) is 0 Å². The van der Waals surface area contributed by atoms with Crippen LogP contribution in [0.25, 0.3) is 6.08 Å². The highest BCUT2D eigenvalue weighted by atomic mass is 16.5. The van der Waals surface area contributed by atoms with Crippen molar-refractivity contribution >= 4 is 17.7 Å². The van der Waals surface area contributed by atoms with E-state index in [1.165, 1.54) is 12.1 Å². The zero-order valence-corrected chi connectivity index (χ0v) is 8.43. The van der Waals surface area contributed by atoms with Gasteiger partial charge in [0.2, 0.25) is 0 Å². The molecule has 4 nitrogen and oxygen atoms in total. The van der Waals surface area contributed by atoms with Gasteiger partial charge in [-0.1, -0.05) is 6.07 Å². The van der Waals surface area contributed by atoms with Crippen molar-refractivity contribution in [2.75, 3.05) is 12.3 Å². The van der Waals surface area contributed by atoms with Crippen LogP contribution in [0.1, 0.15) is 12.5 Å². The highest BCUT2D eigenvalue weighted by Crippen LogP contribution is 2.20. The molecule has 0 fully saturated rings. The molecular weight excluding hydrogens is 194 g/mol. The first-order valence-electron chi connectivity index (χ1n) is 4.57. The number of hydrogen-bond donors (Lipinski definition) is 2. The molecular formula is C11H13NO3. The van der Waals surface area contributed by atoms with E-state index in [-0.39, 0.29) is 11.4 Å². The molecule has 0 aliphatic carbocycles. The molecule has 3 N–H and O–H groups in total. The maximum absolute atomic E-state index is 11.0. The summed E-state index contributed by atoms with van der Waals surface area (Å²) < 4.78 is 4.71. The summed E-state index contributed by atoms with van der Waals surface area (Å²) >= 11 is 0. The Bertz CT molecular complexity index is 385. The molecule has 0 aliphatic rings. The number of carbonyl (C=O) groups is 1. The van der Waals surface area contributed by atoms with Gasteiger partial charge in [-0.2, -0.15) is 0 Å². The summed E-state index contributed by atoms with van der Waals surface area (Å²) in [4.78, 5) is 11.0. The number of phenols is 1. The topological polar surface area (TPSA) is 72.5 Å². The van der Waals surface area contributed by atoms with Crippen LogP contribution in [0.5, 0.6) is 5.75 Å². The fourth-order valence-electron chi connectivity index (χ4n) is 1.03. The van der Waals surface area contributed by atoms with Crippen molar-refractivity contribution in [3.63, 3.8) is 0 Å². The van der Waals surface area contributed by atoms with Crippen LogP contribution in [0.15, 0.2) is 24.3 Å². The van der Waals surface area contributed by atoms with Gasteiger partial charge in [-0.05, 0) is 30.7 Å². The van der Waals surface area contributed by atoms with Gasteiger partial charge in [0.05, 0.1) is 12.3 Å². The molecule has 0 amide bonds. The Labute approximate surface area is 88.0 Å². The number of nitrogen functional groups attached to an aromatic ring is 1. The molecule has 0 atom stereocenters. The number of nitrogens with two attached hydrogens (primary N) is 1. The van der Waals surface area contributed by atoms with Crippen molar-refractivity contribution in [3.8, 4) is 5.75 Å². The Morgan fingerprint density at radius 3 is 2.93 bits per heavy atom. The second-order valence-electron chi connectivity index (χ2n) is 2.90. The van der Waals surface area contributed by atoms with Gasteiger partial charge in [0.1, 0.15) is 5.75 Å². The Morgan fingerprint density at radius 1 is 1.60 bits per heavy atom. The maximum atomic E-state index is 11.0. The second-order valence-corrected chi connectivity index (χ2v) is 2.90. The van der Waals surface area contributed by atoms with E-state index in [1.54, 1.807) is 25.1 Å². The van der Waals surface area contributed by atoms with Crippen molar-refractivity contribution < 1.29 is 14.6 Å². The highest BCUT2D eigenvalue weighted by molar-refractivity contribution is 5.87. The molecule has 80 valence electrons. The lowest BCUT2D eigenvalue weighted by Crippen LogP contribution is -1.98. The monoisotopic (exact) mass is 207 g/mol. The van der Waals surface area contributed by atoms with Crippen LogP contribution in [-0.4, -0.2) is 17.7 Å². The average Bonchev–Trinajstić information content (AvgIpc) is 2.20. The Morgan fingerprint density at radius 2 is 2.33 bits per heavy atom. The third-order valence-electron chi connectivity index (χ3n) is 1.75. The normalized spacial score (nSPS) is 10.5. The van der Waals surface area contributed by atoms with Crippen molar-refractivity contribution in [2.24, 2.45) is 0 Å². The van der Waals surface area contributed by atoms with E-state index < -0.39 is 5.97 Å². The standard InChI is InChI=1S/C11H13NO3/c1-2-15-11(14)6-4-8-3-5-10(13)9(12)7-8/h3-7,13H,2,12H2,1H3/b6-4+. The quantitative estimate of drug-likeness (QED) is 0.341. The van der Waals surface area contributed by atoms with Crippen LogP contribution >= 0.6 is 0 Å². The predicted molar refractivity (Wildman–Crippen MR) is 58.2 cm³/mol. The van der Waals surface area contributed by atoms with Gasteiger partial charge in [-0.3, -0.25) is 0 Å². The van der Waals surface area contributed by atoms with Crippen LogP contribution in [0.4, 0.5) is 5.69 Å². The van der Waals surface area contributed by atoms with Crippen molar-refractivity contribution in [1.82, 2.24) is 0 Å². The van der Waals surface area contributed by atoms with E-state index in [9.17, 15) is 4.79 Å². The van der Waals surface area contributed by atoms with Crippen LogP contribution in [-0.2, 0) is 9.53 Å². The third kappa shape index (κ3) is 3.34. The summed E-state index contributed by atoms with van der Waals surface area (Å²) in [5.74, 6) is -0.368. The fraction of sp³-hybridized carbons (Fsp3) is 0.182. The Hall–Kier alpha value is -1.97. The summed E-state index contributed by atoms with van der Waals surface area (Å²) in [7, 11) is 0. The van der Waals surface area contributed by atoms with Crippen molar-refractivity contribution in [3.05, 3.63) is 29.8 Å². The number of anilines is 1. The summed E-state index contributed by atoms with van der Waals surface area (Å²) in [6, 6.07) is 4.70. The van der Waals surface area contributed by atoms with E-state index in [0.717, 1.165) is 5.56 Å². The van der Waals surface area contributed by atoms with Crippen molar-refractivity contribution in [2.45, 2.75) is 6.92 Å². The summed E-state index contributed by atoms with van der Waals surface area (Å²) in [6.45, 7) is 2.09. The molecule has 1 aromatic carbocycles. The van der Waals surface area contributed by atoms with E-state index in [0.29, 0.717) is 6.61 Å². The van der Waals surface area contributed by atoms with E-state index in [4.69, 9.17) is 15.6 Å². The minimum absolute atomic E-state index is 0.0308. The van der Waals surface area contributed by atoms with Gasteiger partial charge in [0.25, 0.3) is 0 Å². The first-order chi connectivity index (χ1) is 7.13. The number of aromatic hydroxyl groups is 1. The highest BCUT2D eigenvalue weighted by Gasteiger charge is 1.97. The number of ether oxygens (including phenoxy) is 1. The van der Waals surface area contributed by atoms with Crippen molar-refractivity contribution in [1.29, 1.82) is 0 Å². The van der Waals surface area contributed by atoms with Crippen LogP contribution in [0, 0.1) is 0 Å². The zero-order chi connectivity index (χ0) is 11.3. The lowest BCUT2D eigenvalue weighted by Gasteiger charge is -1.99. The molecule has 0 aromatic heterocycles. The van der Waals surface area contributed by atoms with E-state index >= 15 is 0 Å². The molecule has 4 heteroatoms. The molecule has 1 aromatic rings. The van der Waals surface area contributed by atoms with Crippen LogP contribution < -0.4 is 5.73 Å². The van der Waals surface area contributed by atoms with Gasteiger partial charge in [0.15, 0.2) is 0 Å². The minimum Gasteiger partial charge on any atom is -0.506 e. The SMILES string of the molecule is CCOC(=O)/C=C/c1ccc(O)c(N)c1. The van der Waals surface area contributed by atoms with Crippen LogP contribution in [0.3, 0.4) is 0 Å². The number of rotatable bonds is 3. The molecule has 0 saturated heterocycles. The molecule has 0 saturated carbocycles. The maximum Gasteiger partial charge on any atom is 0.330 e. The number of benzene rings is 1. The lowest BCUT2D eigenvalue weighted by molar-refractivity contribution is -0.137. The Balaban J connectivity index is 2.72. The molecule has 0 spiro atoms. The summed E-state index contributed by atoms with van der Waals surface area (Å²) in [5.41, 5.74) is 6.50. The molecule has 0 bridgehead atoms. The smallest absolute Gasteiger partial charge is 0.330 e. The third-order valence-corrected chi connectivity index (χ3v) is 1.75. The largest absolute Gasteiger partial charge is 0.506 e. The van der Waals surface area contributed by atoms with Gasteiger partial charge in [-0.15, -0.1) is 0 Å². The van der Waals surface area contributed by atoms with E-state index in [1.807, 2.05) is 0 Å². The molecule has 15 heavy (non-hydrogen) atoms. The molecule has 0 unspecified atom stereocenters.